The lowest BCUT2D eigenvalue weighted by atomic mass is 9.91. The molecule has 2 N–H and O–H groups in total. The van der Waals surface area contributed by atoms with Crippen LogP contribution in [0, 0.1) is 0 Å². The quantitative estimate of drug-likeness (QED) is 0.909. The van der Waals surface area contributed by atoms with E-state index in [-0.39, 0.29) is 0 Å². The van der Waals surface area contributed by atoms with Crippen LogP contribution in [-0.2, 0) is 6.54 Å². The third-order valence-corrected chi connectivity index (χ3v) is 4.41. The zero-order valence-electron chi connectivity index (χ0n) is 11.3. The van der Waals surface area contributed by atoms with Gasteiger partial charge in [0.25, 0.3) is 0 Å². The molecule has 2 aliphatic rings. The third kappa shape index (κ3) is 1.86. The molecule has 19 heavy (non-hydrogen) atoms. The molecule has 4 rings (SSSR count). The molecular weight excluding hydrogens is 236 g/mol. The Morgan fingerprint density at radius 3 is 2.68 bits per heavy atom. The lowest BCUT2D eigenvalue weighted by molar-refractivity contribution is 0.190. The zero-order chi connectivity index (χ0) is 13.0. The van der Waals surface area contributed by atoms with E-state index >= 15 is 0 Å². The maximum atomic E-state index is 5.73. The fourth-order valence-electron chi connectivity index (χ4n) is 3.13. The van der Waals surface area contributed by atoms with Crippen LogP contribution in [0.2, 0.25) is 0 Å². The summed E-state index contributed by atoms with van der Waals surface area (Å²) in [5.74, 6) is 1.42. The van der Waals surface area contributed by atoms with Crippen LogP contribution in [-0.4, -0.2) is 34.4 Å². The van der Waals surface area contributed by atoms with Gasteiger partial charge in [0, 0.05) is 43.5 Å². The van der Waals surface area contributed by atoms with Crippen LogP contribution in [0.4, 0.5) is 0 Å². The lowest BCUT2D eigenvalue weighted by Gasteiger charge is -2.36. The van der Waals surface area contributed by atoms with Gasteiger partial charge in [0.2, 0.25) is 0 Å². The number of hydrogen-bond donors (Lipinski definition) is 1. The number of imidazole rings is 1. The van der Waals surface area contributed by atoms with Crippen LogP contribution >= 0.6 is 0 Å². The van der Waals surface area contributed by atoms with Gasteiger partial charge in [-0.15, -0.1) is 0 Å². The SMILES string of the molecule is CN1CC(c2cc(C3CC3)cn3cc(CN)nc23)C1. The highest BCUT2D eigenvalue weighted by Crippen LogP contribution is 2.42. The Labute approximate surface area is 113 Å². The van der Waals surface area contributed by atoms with Gasteiger partial charge in [-0.05, 0) is 37.4 Å². The number of likely N-dealkylation sites (N-methyl/N-ethyl adjacent to an activating group) is 1. The molecule has 2 aromatic heterocycles. The number of fused-ring (bicyclic) bond motifs is 1. The van der Waals surface area contributed by atoms with Crippen molar-refractivity contribution in [2.24, 2.45) is 5.73 Å². The van der Waals surface area contributed by atoms with Gasteiger partial charge in [-0.3, -0.25) is 0 Å². The first-order valence-electron chi connectivity index (χ1n) is 7.14. The molecule has 2 aromatic rings. The number of hydrogen-bond acceptors (Lipinski definition) is 3. The van der Waals surface area contributed by atoms with E-state index in [1.807, 2.05) is 0 Å². The van der Waals surface area contributed by atoms with Gasteiger partial charge in [-0.1, -0.05) is 0 Å². The molecule has 0 aromatic carbocycles. The Balaban J connectivity index is 1.84. The Kier molecular flexibility index (Phi) is 2.44. The van der Waals surface area contributed by atoms with E-state index in [0.717, 1.165) is 30.3 Å². The minimum Gasteiger partial charge on any atom is -0.325 e. The normalized spacial score (nSPS) is 20.9. The molecule has 1 aliphatic heterocycles. The maximum absolute atomic E-state index is 5.73. The Morgan fingerprint density at radius 1 is 1.26 bits per heavy atom. The smallest absolute Gasteiger partial charge is 0.140 e. The van der Waals surface area contributed by atoms with E-state index in [1.54, 1.807) is 0 Å². The monoisotopic (exact) mass is 256 g/mol. The van der Waals surface area contributed by atoms with Crippen molar-refractivity contribution in [1.29, 1.82) is 0 Å². The van der Waals surface area contributed by atoms with Crippen LogP contribution in [0.15, 0.2) is 18.5 Å². The first-order valence-corrected chi connectivity index (χ1v) is 7.14. The van der Waals surface area contributed by atoms with Gasteiger partial charge < -0.3 is 15.0 Å². The molecule has 0 amide bonds. The van der Waals surface area contributed by atoms with E-state index in [0.29, 0.717) is 12.5 Å². The van der Waals surface area contributed by atoms with E-state index in [9.17, 15) is 0 Å². The van der Waals surface area contributed by atoms with Crippen molar-refractivity contribution >= 4 is 5.65 Å². The minimum absolute atomic E-state index is 0.518. The van der Waals surface area contributed by atoms with Crippen molar-refractivity contribution in [3.63, 3.8) is 0 Å². The molecule has 0 unspecified atom stereocenters. The fraction of sp³-hybridized carbons (Fsp3) is 0.533. The largest absolute Gasteiger partial charge is 0.325 e. The molecule has 0 atom stereocenters. The molecule has 4 heteroatoms. The van der Waals surface area contributed by atoms with Crippen LogP contribution in [0.1, 0.15) is 41.5 Å². The Morgan fingerprint density at radius 2 is 2.05 bits per heavy atom. The molecule has 4 nitrogen and oxygen atoms in total. The predicted molar refractivity (Wildman–Crippen MR) is 75.3 cm³/mol. The number of aromatic nitrogens is 2. The number of nitrogens with two attached hydrogens (primary N) is 1. The van der Waals surface area contributed by atoms with Crippen molar-refractivity contribution in [3.05, 3.63) is 35.3 Å². The van der Waals surface area contributed by atoms with Crippen molar-refractivity contribution < 1.29 is 0 Å². The summed E-state index contributed by atoms with van der Waals surface area (Å²) < 4.78 is 2.20. The molecule has 100 valence electrons. The van der Waals surface area contributed by atoms with E-state index in [1.165, 1.54) is 24.0 Å². The second-order valence-electron chi connectivity index (χ2n) is 6.09. The van der Waals surface area contributed by atoms with Gasteiger partial charge in [-0.25, -0.2) is 4.98 Å². The van der Waals surface area contributed by atoms with E-state index in [2.05, 4.69) is 34.8 Å². The van der Waals surface area contributed by atoms with Gasteiger partial charge in [0.15, 0.2) is 0 Å². The third-order valence-electron chi connectivity index (χ3n) is 4.41. The average Bonchev–Trinajstić information content (AvgIpc) is 3.13. The molecule has 0 spiro atoms. The van der Waals surface area contributed by atoms with E-state index < -0.39 is 0 Å². The summed E-state index contributed by atoms with van der Waals surface area (Å²) in [6, 6.07) is 2.40. The van der Waals surface area contributed by atoms with Gasteiger partial charge in [0.1, 0.15) is 5.65 Å². The Bertz CT molecular complexity index is 620. The van der Waals surface area contributed by atoms with Gasteiger partial charge in [0.05, 0.1) is 5.69 Å². The molecule has 0 bridgehead atoms. The van der Waals surface area contributed by atoms with Crippen molar-refractivity contribution in [2.75, 3.05) is 20.1 Å². The topological polar surface area (TPSA) is 46.6 Å². The molecular formula is C15H20N4. The molecule has 0 radical (unpaired) electrons. The Hall–Kier alpha value is -1.39. The zero-order valence-corrected chi connectivity index (χ0v) is 11.3. The number of rotatable bonds is 3. The van der Waals surface area contributed by atoms with Crippen LogP contribution in [0.3, 0.4) is 0 Å². The van der Waals surface area contributed by atoms with E-state index in [4.69, 9.17) is 10.7 Å². The summed E-state index contributed by atoms with van der Waals surface area (Å²) >= 11 is 0. The average molecular weight is 256 g/mol. The first kappa shape index (κ1) is 11.4. The van der Waals surface area contributed by atoms with Crippen LogP contribution in [0.25, 0.3) is 5.65 Å². The molecule has 1 aliphatic carbocycles. The highest BCUT2D eigenvalue weighted by molar-refractivity contribution is 5.54. The number of pyridine rings is 1. The van der Waals surface area contributed by atoms with Crippen LogP contribution < -0.4 is 5.73 Å². The fourth-order valence-corrected chi connectivity index (χ4v) is 3.13. The highest BCUT2D eigenvalue weighted by atomic mass is 15.2. The summed E-state index contributed by atoms with van der Waals surface area (Å²) in [7, 11) is 2.18. The minimum atomic E-state index is 0.518. The molecule has 1 saturated carbocycles. The summed E-state index contributed by atoms with van der Waals surface area (Å²) in [5, 5.41) is 0. The second kappa shape index (κ2) is 4.05. The standard InChI is InChI=1S/C15H20N4/c1-18-6-12(7-18)14-4-11(10-2-3-10)8-19-9-13(5-16)17-15(14)19/h4,8-10,12H,2-3,5-7,16H2,1H3. The van der Waals surface area contributed by atoms with Crippen molar-refractivity contribution in [3.8, 4) is 0 Å². The second-order valence-corrected chi connectivity index (χ2v) is 6.09. The summed E-state index contributed by atoms with van der Waals surface area (Å²) in [5.41, 5.74) is 10.7. The highest BCUT2D eigenvalue weighted by Gasteiger charge is 2.30. The van der Waals surface area contributed by atoms with Crippen molar-refractivity contribution in [1.82, 2.24) is 14.3 Å². The molecule has 3 heterocycles. The first-order chi connectivity index (χ1) is 9.24. The summed E-state index contributed by atoms with van der Waals surface area (Å²) in [6.45, 7) is 2.81. The lowest BCUT2D eigenvalue weighted by Crippen LogP contribution is -2.41. The van der Waals surface area contributed by atoms with Crippen LogP contribution in [0.5, 0.6) is 0 Å². The van der Waals surface area contributed by atoms with Crippen molar-refractivity contribution in [2.45, 2.75) is 31.2 Å². The molecule has 2 fully saturated rings. The number of likely N-dealkylation sites (tertiary alicyclic amines) is 1. The number of nitrogens with zero attached hydrogens (tertiary/aromatic N) is 3. The van der Waals surface area contributed by atoms with Gasteiger partial charge >= 0.3 is 0 Å². The summed E-state index contributed by atoms with van der Waals surface area (Å²) in [4.78, 5) is 7.06. The van der Waals surface area contributed by atoms with Gasteiger partial charge in [-0.2, -0.15) is 0 Å². The molecule has 1 saturated heterocycles. The predicted octanol–water partition coefficient (Wildman–Crippen LogP) is 1.70. The summed E-state index contributed by atoms with van der Waals surface area (Å²) in [6.07, 6.45) is 7.03. The maximum Gasteiger partial charge on any atom is 0.140 e.